The van der Waals surface area contributed by atoms with E-state index in [2.05, 4.69) is 23.7 Å². The fraction of sp³-hybridized carbons (Fsp3) is 0.684. The summed E-state index contributed by atoms with van der Waals surface area (Å²) in [5.74, 6) is 0.627. The monoisotopic (exact) mass is 365 g/mol. The largest absolute Gasteiger partial charge is 0.372 e. The average Bonchev–Trinajstić information content (AvgIpc) is 2.76. The predicted molar refractivity (Wildman–Crippen MR) is 99.0 cm³/mol. The number of hydrogen-bond donors (Lipinski definition) is 0. The number of ether oxygens (including phenoxy) is 1. The number of amides is 1. The van der Waals surface area contributed by atoms with E-state index in [1.807, 2.05) is 4.90 Å². The quantitative estimate of drug-likeness (QED) is 0.772. The maximum atomic E-state index is 12.7. The van der Waals surface area contributed by atoms with Crippen LogP contribution in [0.2, 0.25) is 5.15 Å². The van der Waals surface area contributed by atoms with E-state index >= 15 is 0 Å². The van der Waals surface area contributed by atoms with Gasteiger partial charge in [0.05, 0.1) is 12.2 Å². The number of aromatic nitrogens is 1. The van der Waals surface area contributed by atoms with Crippen LogP contribution in [0.5, 0.6) is 0 Å². The minimum Gasteiger partial charge on any atom is -0.372 e. The Bertz CT molecular complexity index is 610. The van der Waals surface area contributed by atoms with E-state index in [1.54, 1.807) is 18.2 Å². The molecule has 1 aromatic heterocycles. The molecule has 6 heteroatoms. The first-order valence-electron chi connectivity index (χ1n) is 9.26. The van der Waals surface area contributed by atoms with Crippen molar-refractivity contribution in [2.45, 2.75) is 38.7 Å². The number of halogens is 1. The zero-order valence-electron chi connectivity index (χ0n) is 15.2. The van der Waals surface area contributed by atoms with Crippen molar-refractivity contribution in [3.63, 3.8) is 0 Å². The molecule has 1 unspecified atom stereocenters. The molecule has 0 aromatic carbocycles. The fourth-order valence-corrected chi connectivity index (χ4v) is 4.12. The Morgan fingerprint density at radius 3 is 2.92 bits per heavy atom. The fourth-order valence-electron chi connectivity index (χ4n) is 3.96. The maximum absolute atomic E-state index is 12.7. The predicted octanol–water partition coefficient (Wildman–Crippen LogP) is 3.09. The lowest BCUT2D eigenvalue weighted by molar-refractivity contribution is -0.117. The Morgan fingerprint density at radius 2 is 2.16 bits per heavy atom. The van der Waals surface area contributed by atoms with Crippen LogP contribution in [0.25, 0.3) is 0 Å². The summed E-state index contributed by atoms with van der Waals surface area (Å²) < 4.78 is 6.23. The Balaban J connectivity index is 1.64. The molecule has 0 aliphatic carbocycles. The SMILES string of the molecule is CC(C)CN1CCOC2(CCCN(C(=O)c3cccc(Cl)n3)CC2)C1. The van der Waals surface area contributed by atoms with Crippen molar-refractivity contribution >= 4 is 17.5 Å². The summed E-state index contributed by atoms with van der Waals surface area (Å²) in [5.41, 5.74) is 0.318. The molecule has 2 saturated heterocycles. The number of hydrogen-bond acceptors (Lipinski definition) is 4. The smallest absolute Gasteiger partial charge is 0.272 e. The standard InChI is InChI=1S/C19H28ClN3O2/c1-15(2)13-22-11-12-25-19(14-22)7-4-9-23(10-8-19)18(24)16-5-3-6-17(20)21-16/h3,5-6,15H,4,7-14H2,1-2H3. The maximum Gasteiger partial charge on any atom is 0.272 e. The summed E-state index contributed by atoms with van der Waals surface area (Å²) >= 11 is 5.93. The minimum absolute atomic E-state index is 0.0330. The Hall–Kier alpha value is -1.17. The van der Waals surface area contributed by atoms with Crippen LogP contribution >= 0.6 is 11.6 Å². The summed E-state index contributed by atoms with van der Waals surface area (Å²) in [6, 6.07) is 5.20. The van der Waals surface area contributed by atoms with Crippen LogP contribution in [0, 0.1) is 5.92 Å². The second-order valence-corrected chi connectivity index (χ2v) is 8.04. The van der Waals surface area contributed by atoms with Crippen molar-refractivity contribution in [1.82, 2.24) is 14.8 Å². The van der Waals surface area contributed by atoms with Crippen molar-refractivity contribution in [3.8, 4) is 0 Å². The van der Waals surface area contributed by atoms with Crippen molar-refractivity contribution in [2.75, 3.05) is 39.3 Å². The molecular formula is C19H28ClN3O2. The lowest BCUT2D eigenvalue weighted by atomic mass is 9.92. The van der Waals surface area contributed by atoms with Gasteiger partial charge in [-0.1, -0.05) is 31.5 Å². The van der Waals surface area contributed by atoms with Crippen molar-refractivity contribution in [3.05, 3.63) is 29.0 Å². The lowest BCUT2D eigenvalue weighted by Crippen LogP contribution is -2.53. The van der Waals surface area contributed by atoms with Gasteiger partial charge < -0.3 is 9.64 Å². The van der Waals surface area contributed by atoms with Crippen LogP contribution in [0.1, 0.15) is 43.6 Å². The van der Waals surface area contributed by atoms with Gasteiger partial charge in [-0.15, -0.1) is 0 Å². The van der Waals surface area contributed by atoms with E-state index in [4.69, 9.17) is 16.3 Å². The van der Waals surface area contributed by atoms with Gasteiger partial charge in [-0.05, 0) is 37.3 Å². The number of rotatable bonds is 3. The molecule has 0 N–H and O–H groups in total. The zero-order chi connectivity index (χ0) is 17.9. The highest BCUT2D eigenvalue weighted by molar-refractivity contribution is 6.29. The van der Waals surface area contributed by atoms with Gasteiger partial charge in [-0.25, -0.2) is 4.98 Å². The Labute approximate surface area is 155 Å². The molecule has 5 nitrogen and oxygen atoms in total. The number of carbonyl (C=O) groups excluding carboxylic acids is 1. The van der Waals surface area contributed by atoms with Crippen LogP contribution in [0.15, 0.2) is 18.2 Å². The van der Waals surface area contributed by atoms with Crippen molar-refractivity contribution < 1.29 is 9.53 Å². The van der Waals surface area contributed by atoms with Gasteiger partial charge in [0, 0.05) is 32.7 Å². The highest BCUT2D eigenvalue weighted by Crippen LogP contribution is 2.31. The molecule has 3 rings (SSSR count). The van der Waals surface area contributed by atoms with Gasteiger partial charge in [0.2, 0.25) is 0 Å². The van der Waals surface area contributed by atoms with Gasteiger partial charge in [0.15, 0.2) is 0 Å². The molecule has 25 heavy (non-hydrogen) atoms. The van der Waals surface area contributed by atoms with Crippen LogP contribution in [-0.2, 0) is 4.74 Å². The average molecular weight is 366 g/mol. The van der Waals surface area contributed by atoms with Gasteiger partial charge in [-0.3, -0.25) is 9.69 Å². The van der Waals surface area contributed by atoms with E-state index in [0.717, 1.165) is 52.0 Å². The summed E-state index contributed by atoms with van der Waals surface area (Å²) in [6.45, 7) is 9.86. The number of carbonyl (C=O) groups is 1. The first kappa shape index (κ1) is 18.6. The number of nitrogens with zero attached hydrogens (tertiary/aromatic N) is 3. The van der Waals surface area contributed by atoms with E-state index in [0.29, 0.717) is 23.3 Å². The third-order valence-corrected chi connectivity index (χ3v) is 5.28. The van der Waals surface area contributed by atoms with E-state index in [9.17, 15) is 4.79 Å². The van der Waals surface area contributed by atoms with Crippen LogP contribution in [0.3, 0.4) is 0 Å². The number of morpholine rings is 1. The van der Waals surface area contributed by atoms with Gasteiger partial charge in [0.1, 0.15) is 10.8 Å². The molecule has 2 fully saturated rings. The molecule has 1 spiro atoms. The van der Waals surface area contributed by atoms with Gasteiger partial charge >= 0.3 is 0 Å². The molecular weight excluding hydrogens is 338 g/mol. The van der Waals surface area contributed by atoms with Crippen LogP contribution in [0.4, 0.5) is 0 Å². The number of pyridine rings is 1. The highest BCUT2D eigenvalue weighted by atomic mass is 35.5. The second kappa shape index (κ2) is 8.02. The van der Waals surface area contributed by atoms with E-state index in [1.165, 1.54) is 0 Å². The van der Waals surface area contributed by atoms with Crippen LogP contribution < -0.4 is 0 Å². The molecule has 0 bridgehead atoms. The zero-order valence-corrected chi connectivity index (χ0v) is 16.0. The lowest BCUT2D eigenvalue weighted by Gasteiger charge is -2.43. The van der Waals surface area contributed by atoms with Gasteiger partial charge in [-0.2, -0.15) is 0 Å². The summed E-state index contributed by atoms with van der Waals surface area (Å²) in [5, 5.41) is 0.358. The molecule has 0 radical (unpaired) electrons. The third kappa shape index (κ3) is 4.72. The Morgan fingerprint density at radius 1 is 1.32 bits per heavy atom. The van der Waals surface area contributed by atoms with E-state index in [-0.39, 0.29) is 11.5 Å². The molecule has 1 aromatic rings. The normalized spacial score (nSPS) is 25.4. The highest BCUT2D eigenvalue weighted by Gasteiger charge is 2.39. The molecule has 1 atom stereocenters. The molecule has 2 aliphatic heterocycles. The van der Waals surface area contributed by atoms with Gasteiger partial charge in [0.25, 0.3) is 5.91 Å². The molecule has 3 heterocycles. The minimum atomic E-state index is -0.107. The van der Waals surface area contributed by atoms with Crippen molar-refractivity contribution in [2.24, 2.45) is 5.92 Å². The molecule has 2 aliphatic rings. The summed E-state index contributed by atoms with van der Waals surface area (Å²) in [6.07, 6.45) is 2.85. The first-order valence-corrected chi connectivity index (χ1v) is 9.63. The topological polar surface area (TPSA) is 45.7 Å². The summed E-state index contributed by atoms with van der Waals surface area (Å²) in [4.78, 5) is 21.3. The molecule has 0 saturated carbocycles. The number of likely N-dealkylation sites (tertiary alicyclic amines) is 1. The first-order chi connectivity index (χ1) is 12.0. The Kier molecular flexibility index (Phi) is 5.97. The molecule has 138 valence electrons. The van der Waals surface area contributed by atoms with E-state index < -0.39 is 0 Å². The second-order valence-electron chi connectivity index (χ2n) is 7.65. The molecule has 1 amide bonds. The van der Waals surface area contributed by atoms with Crippen molar-refractivity contribution in [1.29, 1.82) is 0 Å². The van der Waals surface area contributed by atoms with Crippen LogP contribution in [-0.4, -0.2) is 65.6 Å². The summed E-state index contributed by atoms with van der Waals surface area (Å²) in [7, 11) is 0. The third-order valence-electron chi connectivity index (χ3n) is 5.07.